The van der Waals surface area contributed by atoms with Crippen LogP contribution in [0.2, 0.25) is 0 Å². The first-order valence-electron chi connectivity index (χ1n) is 9.72. The van der Waals surface area contributed by atoms with Crippen LogP contribution in [-0.2, 0) is 20.6 Å². The molecule has 2 aromatic heterocycles. The van der Waals surface area contributed by atoms with Crippen LogP contribution in [0.5, 0.6) is 5.75 Å². The second kappa shape index (κ2) is 9.14. The number of aromatic nitrogens is 4. The summed E-state index contributed by atoms with van der Waals surface area (Å²) in [5.74, 6) is 0.982. The largest absolute Gasteiger partial charge is 0.491 e. The first-order valence-corrected chi connectivity index (χ1v) is 9.72. The van der Waals surface area contributed by atoms with Crippen molar-refractivity contribution in [2.45, 2.75) is 26.0 Å². The summed E-state index contributed by atoms with van der Waals surface area (Å²) in [6.45, 7) is 2.43. The molecule has 0 spiro atoms. The van der Waals surface area contributed by atoms with E-state index in [9.17, 15) is 14.7 Å². The first-order chi connectivity index (χ1) is 14.3. The number of imidazole rings is 1. The Morgan fingerprint density at radius 2 is 2.00 bits per heavy atom. The third-order valence-electron chi connectivity index (χ3n) is 4.79. The minimum absolute atomic E-state index is 0.000434. The Hall–Kier alpha value is -3.11. The van der Waals surface area contributed by atoms with E-state index in [4.69, 9.17) is 9.84 Å². The predicted molar refractivity (Wildman–Crippen MR) is 113 cm³/mol. The molecule has 0 aliphatic carbocycles. The Kier molecular flexibility index (Phi) is 6.58. The van der Waals surface area contributed by atoms with Crippen LogP contribution in [0.1, 0.15) is 12.0 Å². The van der Waals surface area contributed by atoms with Crippen LogP contribution >= 0.6 is 0 Å². The van der Waals surface area contributed by atoms with E-state index in [2.05, 4.69) is 10.3 Å². The second-order valence-electron chi connectivity index (χ2n) is 7.21. The number of rotatable bonds is 9. The summed E-state index contributed by atoms with van der Waals surface area (Å²) in [5.41, 5.74) is 0.495. The number of aryl methyl sites for hydroxylation is 2. The molecule has 2 heterocycles. The molecule has 0 aliphatic heterocycles. The maximum Gasteiger partial charge on any atom is 0.332 e. The molecule has 0 aliphatic rings. The summed E-state index contributed by atoms with van der Waals surface area (Å²) in [7, 11) is 2.94. The molecule has 0 fully saturated rings. The quantitative estimate of drug-likeness (QED) is 0.418. The van der Waals surface area contributed by atoms with Crippen molar-refractivity contribution in [3.8, 4) is 5.75 Å². The van der Waals surface area contributed by atoms with E-state index >= 15 is 0 Å². The van der Waals surface area contributed by atoms with Gasteiger partial charge >= 0.3 is 5.69 Å². The third kappa shape index (κ3) is 4.39. The van der Waals surface area contributed by atoms with E-state index in [0.29, 0.717) is 24.7 Å². The van der Waals surface area contributed by atoms with E-state index in [1.165, 1.54) is 18.7 Å². The van der Waals surface area contributed by atoms with Gasteiger partial charge in [0.05, 0.1) is 6.54 Å². The van der Waals surface area contributed by atoms with Gasteiger partial charge in [0.1, 0.15) is 18.5 Å². The lowest BCUT2D eigenvalue weighted by Gasteiger charge is -2.16. The summed E-state index contributed by atoms with van der Waals surface area (Å²) in [4.78, 5) is 29.4. The second-order valence-corrected chi connectivity index (χ2v) is 7.21. The molecular formula is C20H27N5O5. The van der Waals surface area contributed by atoms with Crippen molar-refractivity contribution >= 4 is 17.1 Å². The van der Waals surface area contributed by atoms with Crippen molar-refractivity contribution < 1.29 is 14.9 Å². The van der Waals surface area contributed by atoms with Gasteiger partial charge in [0.25, 0.3) is 5.56 Å². The van der Waals surface area contributed by atoms with E-state index in [-0.39, 0.29) is 30.9 Å². The van der Waals surface area contributed by atoms with Gasteiger partial charge in [-0.2, -0.15) is 4.98 Å². The molecule has 10 nitrogen and oxygen atoms in total. The van der Waals surface area contributed by atoms with Crippen LogP contribution in [0, 0.1) is 6.92 Å². The number of hydrogen-bond acceptors (Lipinski definition) is 7. The zero-order valence-electron chi connectivity index (χ0n) is 17.3. The number of aliphatic hydroxyl groups is 2. The van der Waals surface area contributed by atoms with Gasteiger partial charge in [0.15, 0.2) is 11.2 Å². The van der Waals surface area contributed by atoms with Crippen LogP contribution in [0.4, 0.5) is 5.95 Å². The van der Waals surface area contributed by atoms with Crippen molar-refractivity contribution in [3.63, 3.8) is 0 Å². The number of anilines is 1. The van der Waals surface area contributed by atoms with Crippen LogP contribution in [0.15, 0.2) is 33.9 Å². The Balaban J connectivity index is 1.92. The van der Waals surface area contributed by atoms with Crippen molar-refractivity contribution in [1.29, 1.82) is 0 Å². The minimum Gasteiger partial charge on any atom is -0.491 e. The molecule has 30 heavy (non-hydrogen) atoms. The van der Waals surface area contributed by atoms with Gasteiger partial charge in [-0.15, -0.1) is 0 Å². The van der Waals surface area contributed by atoms with Gasteiger partial charge in [-0.25, -0.2) is 4.79 Å². The molecule has 0 bridgehead atoms. The van der Waals surface area contributed by atoms with E-state index in [0.717, 1.165) is 10.1 Å². The topological polar surface area (TPSA) is 124 Å². The van der Waals surface area contributed by atoms with Gasteiger partial charge in [0.2, 0.25) is 5.95 Å². The number of nitrogens with zero attached hydrogens (tertiary/aromatic N) is 4. The minimum atomic E-state index is -0.928. The number of aliphatic hydroxyl groups excluding tert-OH is 2. The molecule has 162 valence electrons. The van der Waals surface area contributed by atoms with Crippen LogP contribution in [0.25, 0.3) is 11.2 Å². The number of hydrogen-bond donors (Lipinski definition) is 3. The van der Waals surface area contributed by atoms with Gasteiger partial charge in [-0.1, -0.05) is 12.1 Å². The zero-order valence-corrected chi connectivity index (χ0v) is 17.3. The number of ether oxygens (including phenoxy) is 1. The van der Waals surface area contributed by atoms with Crippen molar-refractivity contribution in [1.82, 2.24) is 18.7 Å². The molecule has 0 radical (unpaired) electrons. The molecule has 0 amide bonds. The SMILES string of the molecule is Cc1cccc(OCC(O)Cn2c(NCCCO)nc3c2c(=O)n(C)c(=O)n3C)c1. The fraction of sp³-hybridized carbons (Fsp3) is 0.450. The van der Waals surface area contributed by atoms with E-state index in [1.54, 1.807) is 10.6 Å². The monoisotopic (exact) mass is 417 g/mol. The summed E-state index contributed by atoms with van der Waals surface area (Å²) < 4.78 is 9.52. The van der Waals surface area contributed by atoms with E-state index in [1.807, 2.05) is 25.1 Å². The average Bonchev–Trinajstić information content (AvgIpc) is 3.07. The molecule has 3 aromatic rings. The van der Waals surface area contributed by atoms with Crippen molar-refractivity contribution in [2.24, 2.45) is 14.1 Å². The molecule has 1 atom stereocenters. The highest BCUT2D eigenvalue weighted by Crippen LogP contribution is 2.17. The molecule has 3 rings (SSSR count). The predicted octanol–water partition coefficient (Wildman–Crippen LogP) is -0.0237. The highest BCUT2D eigenvalue weighted by molar-refractivity contribution is 5.74. The molecule has 0 saturated carbocycles. The lowest BCUT2D eigenvalue weighted by molar-refractivity contribution is 0.0938. The summed E-state index contributed by atoms with van der Waals surface area (Å²) in [6.07, 6.45) is -0.442. The van der Waals surface area contributed by atoms with Crippen molar-refractivity contribution in [2.75, 3.05) is 25.1 Å². The number of nitrogens with one attached hydrogen (secondary N) is 1. The lowest BCUT2D eigenvalue weighted by Crippen LogP contribution is -2.38. The third-order valence-corrected chi connectivity index (χ3v) is 4.79. The van der Waals surface area contributed by atoms with Gasteiger partial charge < -0.3 is 24.8 Å². The molecule has 0 saturated heterocycles. The zero-order chi connectivity index (χ0) is 21.8. The Morgan fingerprint density at radius 1 is 1.23 bits per heavy atom. The van der Waals surface area contributed by atoms with E-state index < -0.39 is 17.4 Å². The van der Waals surface area contributed by atoms with Gasteiger partial charge in [-0.3, -0.25) is 13.9 Å². The summed E-state index contributed by atoms with van der Waals surface area (Å²) >= 11 is 0. The molecule has 1 unspecified atom stereocenters. The maximum absolute atomic E-state index is 12.8. The van der Waals surface area contributed by atoms with Crippen LogP contribution in [-0.4, -0.2) is 54.8 Å². The lowest BCUT2D eigenvalue weighted by atomic mass is 10.2. The fourth-order valence-electron chi connectivity index (χ4n) is 3.20. The first kappa shape index (κ1) is 21.6. The standard InChI is InChI=1S/C20H27N5O5/c1-13-6-4-7-15(10-13)30-12-14(27)11-25-16-17(22-19(25)21-8-5-9-26)23(2)20(29)24(3)18(16)28/h4,6-7,10,14,26-27H,5,8-9,11-12H2,1-3H3,(H,21,22). The average molecular weight is 417 g/mol. The highest BCUT2D eigenvalue weighted by atomic mass is 16.5. The van der Waals surface area contributed by atoms with Crippen LogP contribution in [0.3, 0.4) is 0 Å². The van der Waals surface area contributed by atoms with Gasteiger partial charge in [0, 0.05) is 27.2 Å². The van der Waals surface area contributed by atoms with Crippen molar-refractivity contribution in [3.05, 3.63) is 50.7 Å². The number of fused-ring (bicyclic) bond motifs is 1. The smallest absolute Gasteiger partial charge is 0.332 e. The molecule has 10 heteroatoms. The number of benzene rings is 1. The Labute approximate surface area is 173 Å². The van der Waals surface area contributed by atoms with Gasteiger partial charge in [-0.05, 0) is 31.0 Å². The molecular weight excluding hydrogens is 390 g/mol. The Bertz CT molecular complexity index is 1150. The molecule has 3 N–H and O–H groups in total. The Morgan fingerprint density at radius 3 is 2.70 bits per heavy atom. The molecule has 1 aromatic carbocycles. The highest BCUT2D eigenvalue weighted by Gasteiger charge is 2.21. The maximum atomic E-state index is 12.8. The van der Waals surface area contributed by atoms with Crippen LogP contribution < -0.4 is 21.3 Å². The summed E-state index contributed by atoms with van der Waals surface area (Å²) in [5, 5.41) is 22.7. The normalized spacial score (nSPS) is 12.3. The fourth-order valence-corrected chi connectivity index (χ4v) is 3.20. The summed E-state index contributed by atoms with van der Waals surface area (Å²) in [6, 6.07) is 7.49.